The lowest BCUT2D eigenvalue weighted by Gasteiger charge is -2.35. The molecule has 2 aromatic rings. The summed E-state index contributed by atoms with van der Waals surface area (Å²) in [4.78, 5) is 92.7. The molecule has 0 bridgehead atoms. The molecule has 0 aliphatic carbocycles. The summed E-state index contributed by atoms with van der Waals surface area (Å²) in [6.07, 6.45) is -1.42. The van der Waals surface area contributed by atoms with E-state index in [1.54, 1.807) is 27.7 Å². The van der Waals surface area contributed by atoms with Gasteiger partial charge in [-0.05, 0) is 73.9 Å². The van der Waals surface area contributed by atoms with E-state index in [1.807, 2.05) is 0 Å². The van der Waals surface area contributed by atoms with Gasteiger partial charge in [-0.25, -0.2) is 0 Å². The zero-order chi connectivity index (χ0) is 51.6. The van der Waals surface area contributed by atoms with Crippen LogP contribution >= 0.6 is 0 Å². The topological polar surface area (TPSA) is 304 Å². The Kier molecular flexibility index (Phi) is 24.7. The molecule has 0 aliphatic rings. The van der Waals surface area contributed by atoms with E-state index in [2.05, 4.69) is 0 Å². The number of amides is 6. The molecule has 0 saturated heterocycles. The van der Waals surface area contributed by atoms with Crippen molar-refractivity contribution in [1.29, 1.82) is 0 Å². The number of aliphatic hydroxyl groups is 9. The van der Waals surface area contributed by atoms with Crippen molar-refractivity contribution in [3.63, 3.8) is 0 Å². The van der Waals surface area contributed by atoms with Crippen LogP contribution in [0, 0.1) is 27.7 Å². The fourth-order valence-electron chi connectivity index (χ4n) is 8.92. The third-order valence-corrected chi connectivity index (χ3v) is 11.9. The number of carbonyl (C=O) groups excluding carboxylic acids is 6. The maximum Gasteiger partial charge on any atom is 0.254 e. The third-order valence-electron chi connectivity index (χ3n) is 11.9. The minimum Gasteiger partial charge on any atom is -0.395 e. The minimum atomic E-state index is -1.61. The molecule has 382 valence electrons. The van der Waals surface area contributed by atoms with Crippen molar-refractivity contribution < 1.29 is 74.7 Å². The summed E-state index contributed by atoms with van der Waals surface area (Å²) in [6.45, 7) is 5.69. The first-order valence-corrected chi connectivity index (χ1v) is 22.9. The first kappa shape index (κ1) is 59.0. The van der Waals surface area contributed by atoms with E-state index in [4.69, 9.17) is 0 Å². The summed E-state index contributed by atoms with van der Waals surface area (Å²) in [5.41, 5.74) is 1.43. The van der Waals surface area contributed by atoms with Gasteiger partial charge >= 0.3 is 0 Å². The minimum absolute atomic E-state index is 0.0115. The molecule has 0 heterocycles. The number of nitrogens with zero attached hydrogens (tertiary/aromatic N) is 6. The Hall–Kier alpha value is -5.10. The summed E-state index contributed by atoms with van der Waals surface area (Å²) in [5.74, 6) is -4.02. The van der Waals surface area contributed by atoms with E-state index in [0.717, 1.165) is 0 Å². The van der Waals surface area contributed by atoms with Gasteiger partial charge in [0, 0.05) is 88.5 Å². The smallest absolute Gasteiger partial charge is 0.254 e. The lowest BCUT2D eigenvalue weighted by molar-refractivity contribution is -0.117. The molecule has 0 fully saturated rings. The molecule has 0 aromatic heterocycles. The SMILES string of the molecule is CCc1c(C(=O)N(CCO)CCO)c(C)c(C(=O)N(CCO)CCO)c(C)c1N(CC(O)CN(C(C)=O)c1c(C)c(C(=O)N(CCO)CCO)c(C)c(C(=O)N(CCO)CCO)c1CC)C(C)=O. The van der Waals surface area contributed by atoms with Crippen LogP contribution in [0.1, 0.15) is 103 Å². The Bertz CT molecular complexity index is 1910. The molecular formula is C47H74N6O15. The van der Waals surface area contributed by atoms with Crippen molar-refractivity contribution in [1.82, 2.24) is 19.6 Å². The second kappa shape index (κ2) is 28.4. The van der Waals surface area contributed by atoms with E-state index in [9.17, 15) is 74.7 Å². The van der Waals surface area contributed by atoms with Gasteiger partial charge in [0.2, 0.25) is 11.8 Å². The molecule has 9 N–H and O–H groups in total. The number of benzene rings is 2. The second-order valence-corrected chi connectivity index (χ2v) is 16.2. The Morgan fingerprint density at radius 3 is 0.809 bits per heavy atom. The zero-order valence-electron chi connectivity index (χ0n) is 40.9. The average Bonchev–Trinajstić information content (AvgIpc) is 3.29. The van der Waals surface area contributed by atoms with Crippen LogP contribution in [0.25, 0.3) is 0 Å². The van der Waals surface area contributed by atoms with E-state index in [0.29, 0.717) is 0 Å². The van der Waals surface area contributed by atoms with Gasteiger partial charge < -0.3 is 75.4 Å². The summed E-state index contributed by atoms with van der Waals surface area (Å²) in [7, 11) is 0. The van der Waals surface area contributed by atoms with Gasteiger partial charge in [0.15, 0.2) is 0 Å². The lowest BCUT2D eigenvalue weighted by Crippen LogP contribution is -2.46. The molecule has 6 amide bonds. The number of anilines is 2. The average molecular weight is 963 g/mol. The zero-order valence-corrected chi connectivity index (χ0v) is 40.9. The Balaban J connectivity index is 3.12. The highest BCUT2D eigenvalue weighted by molar-refractivity contribution is 6.10. The molecule has 0 saturated carbocycles. The molecule has 0 aliphatic heterocycles. The first-order chi connectivity index (χ1) is 32.3. The predicted molar refractivity (Wildman–Crippen MR) is 253 cm³/mol. The highest BCUT2D eigenvalue weighted by Crippen LogP contribution is 2.39. The van der Waals surface area contributed by atoms with Crippen LogP contribution in [0.5, 0.6) is 0 Å². The van der Waals surface area contributed by atoms with Gasteiger partial charge in [-0.1, -0.05) is 13.8 Å². The predicted octanol–water partition coefficient (Wildman–Crippen LogP) is -1.48. The summed E-state index contributed by atoms with van der Waals surface area (Å²) < 4.78 is 0. The van der Waals surface area contributed by atoms with Gasteiger partial charge in [-0.15, -0.1) is 0 Å². The normalized spacial score (nSPS) is 11.2. The highest BCUT2D eigenvalue weighted by atomic mass is 16.3. The van der Waals surface area contributed by atoms with Crippen molar-refractivity contribution in [3.8, 4) is 0 Å². The van der Waals surface area contributed by atoms with Crippen LogP contribution in [0.4, 0.5) is 11.4 Å². The molecule has 0 spiro atoms. The molecule has 68 heavy (non-hydrogen) atoms. The third kappa shape index (κ3) is 13.6. The van der Waals surface area contributed by atoms with Crippen LogP contribution < -0.4 is 9.80 Å². The first-order valence-electron chi connectivity index (χ1n) is 22.9. The number of aliphatic hydroxyl groups excluding tert-OH is 9. The molecule has 2 aromatic carbocycles. The quantitative estimate of drug-likeness (QED) is 0.0470. The van der Waals surface area contributed by atoms with Crippen LogP contribution in [-0.4, -0.2) is 225 Å². The summed E-state index contributed by atoms with van der Waals surface area (Å²) in [5, 5.41) is 90.9. The second-order valence-electron chi connectivity index (χ2n) is 16.2. The van der Waals surface area contributed by atoms with E-state index >= 15 is 0 Å². The molecule has 0 unspecified atom stereocenters. The van der Waals surface area contributed by atoms with Crippen molar-refractivity contribution in [2.75, 3.05) is 128 Å². The monoisotopic (exact) mass is 963 g/mol. The number of hydrogen-bond acceptors (Lipinski definition) is 15. The van der Waals surface area contributed by atoms with Crippen molar-refractivity contribution >= 4 is 46.8 Å². The molecule has 0 radical (unpaired) electrons. The van der Waals surface area contributed by atoms with Crippen LogP contribution in [-0.2, 0) is 22.4 Å². The van der Waals surface area contributed by atoms with Gasteiger partial charge in [-0.3, -0.25) is 28.8 Å². The summed E-state index contributed by atoms with van der Waals surface area (Å²) in [6, 6.07) is 0. The number of hydrogen-bond donors (Lipinski definition) is 9. The van der Waals surface area contributed by atoms with Crippen LogP contribution in [0.15, 0.2) is 0 Å². The molecule has 2 rings (SSSR count). The Morgan fingerprint density at radius 1 is 0.397 bits per heavy atom. The largest absolute Gasteiger partial charge is 0.395 e. The van der Waals surface area contributed by atoms with Gasteiger partial charge in [0.1, 0.15) is 0 Å². The summed E-state index contributed by atoms with van der Waals surface area (Å²) >= 11 is 0. The lowest BCUT2D eigenvalue weighted by atomic mass is 9.86. The Labute approximate surface area is 398 Å². The number of carbonyl (C=O) groups is 6. The van der Waals surface area contributed by atoms with E-state index in [-0.39, 0.29) is 132 Å². The number of rotatable bonds is 28. The van der Waals surface area contributed by atoms with Crippen molar-refractivity contribution in [3.05, 3.63) is 55.6 Å². The van der Waals surface area contributed by atoms with Gasteiger partial charge in [0.25, 0.3) is 23.6 Å². The highest BCUT2D eigenvalue weighted by Gasteiger charge is 2.36. The van der Waals surface area contributed by atoms with Crippen LogP contribution in [0.2, 0.25) is 0 Å². The molecule has 0 atom stereocenters. The standard InChI is InChI=1S/C47H74N6O15/c1-9-36-40(46(67)50(15-23-58)16-24-59)29(3)38(44(65)48(11-19-54)12-20-55)31(5)42(36)52(33(7)62)27-35(64)28-53(34(8)63)43-32(6)39(45(66)49(13-21-56)14-22-57)30(4)41(37(43)10-2)47(68)51(17-25-60)18-26-61/h35,54-61,64H,9-28H2,1-8H3. The fraction of sp³-hybridized carbons (Fsp3) is 0.617. The van der Waals surface area contributed by atoms with Crippen molar-refractivity contribution in [2.24, 2.45) is 0 Å². The Morgan fingerprint density at radius 2 is 0.618 bits per heavy atom. The maximum atomic E-state index is 14.5. The fourth-order valence-corrected chi connectivity index (χ4v) is 8.92. The van der Waals surface area contributed by atoms with Crippen molar-refractivity contribution in [2.45, 2.75) is 74.3 Å². The molecule has 21 nitrogen and oxygen atoms in total. The maximum absolute atomic E-state index is 14.5. The van der Waals surface area contributed by atoms with Crippen LogP contribution in [0.3, 0.4) is 0 Å². The van der Waals surface area contributed by atoms with Gasteiger partial charge in [-0.2, -0.15) is 0 Å². The van der Waals surface area contributed by atoms with E-state index < -0.39 is 107 Å². The molecular weight excluding hydrogens is 889 g/mol. The van der Waals surface area contributed by atoms with Gasteiger partial charge in [0.05, 0.1) is 83.4 Å². The molecule has 21 heteroatoms. The van der Waals surface area contributed by atoms with E-state index in [1.165, 1.54) is 57.1 Å².